The molecule has 1 fully saturated rings. The van der Waals surface area contributed by atoms with Crippen molar-refractivity contribution in [1.29, 1.82) is 0 Å². The van der Waals surface area contributed by atoms with Gasteiger partial charge in [0.25, 0.3) is 0 Å². The minimum Gasteiger partial charge on any atom is -0.467 e. The zero-order valence-corrected chi connectivity index (χ0v) is 13.7. The molecule has 1 aliphatic heterocycles. The van der Waals surface area contributed by atoms with Crippen molar-refractivity contribution >= 4 is 64.0 Å². The average Bonchev–Trinajstić information content (AvgIpc) is 2.71. The maximum Gasteiger partial charge on any atom is 0.333 e. The Labute approximate surface area is 141 Å². The molecule has 1 saturated heterocycles. The monoisotopic (exact) mass is 367 g/mol. The maximum atomic E-state index is 12.3. The van der Waals surface area contributed by atoms with Crippen molar-refractivity contribution in [2.24, 2.45) is 0 Å². The summed E-state index contributed by atoms with van der Waals surface area (Å²) in [4.78, 5) is 23.6. The van der Waals surface area contributed by atoms with Gasteiger partial charge in [-0.05, 0) is 24.3 Å². The van der Waals surface area contributed by atoms with E-state index in [2.05, 4.69) is 4.74 Å². The predicted molar refractivity (Wildman–Crippen MR) is 82.9 cm³/mol. The summed E-state index contributed by atoms with van der Waals surface area (Å²) >= 11 is 23.8. The van der Waals surface area contributed by atoms with Crippen molar-refractivity contribution < 1.29 is 14.3 Å². The lowest BCUT2D eigenvalue weighted by Crippen LogP contribution is -2.35. The number of carbonyl (C=O) groups excluding carboxylic acids is 2. The Morgan fingerprint density at radius 2 is 1.86 bits per heavy atom. The third kappa shape index (κ3) is 2.86. The summed E-state index contributed by atoms with van der Waals surface area (Å²) in [6.45, 7) is 0. The first kappa shape index (κ1) is 16.4. The molecule has 112 valence electrons. The molecule has 1 amide bonds. The number of hydrogen-bond donors (Lipinski definition) is 0. The maximum absolute atomic E-state index is 12.3. The largest absolute Gasteiger partial charge is 0.467 e. The van der Waals surface area contributed by atoms with Gasteiger partial charge in [-0.1, -0.05) is 46.4 Å². The van der Waals surface area contributed by atoms with E-state index in [1.807, 2.05) is 0 Å². The van der Waals surface area contributed by atoms with Crippen LogP contribution in [0.25, 0.3) is 0 Å². The number of alkyl halides is 1. The molecule has 8 heteroatoms. The van der Waals surface area contributed by atoms with E-state index >= 15 is 0 Å². The van der Waals surface area contributed by atoms with Gasteiger partial charge < -0.3 is 4.74 Å². The topological polar surface area (TPSA) is 46.6 Å². The summed E-state index contributed by atoms with van der Waals surface area (Å²) < 4.78 is 4.37. The van der Waals surface area contributed by atoms with E-state index in [0.717, 1.165) is 0 Å². The molecular formula is C13H9Cl4NO3. The Morgan fingerprint density at radius 1 is 1.29 bits per heavy atom. The van der Waals surface area contributed by atoms with Gasteiger partial charge in [-0.25, -0.2) is 4.79 Å². The molecule has 1 heterocycles. The summed E-state index contributed by atoms with van der Waals surface area (Å²) in [5.41, 5.74) is 0.427. The number of carbonyl (C=O) groups is 2. The molecule has 4 nitrogen and oxygen atoms in total. The van der Waals surface area contributed by atoms with E-state index in [9.17, 15) is 9.59 Å². The minimum absolute atomic E-state index is 0.0216. The quantitative estimate of drug-likeness (QED) is 0.588. The molecule has 0 aromatic heterocycles. The lowest BCUT2D eigenvalue weighted by atomic mass is 10.1. The number of rotatable bonds is 2. The molecule has 0 N–H and O–H groups in total. The van der Waals surface area contributed by atoms with Crippen molar-refractivity contribution in [3.05, 3.63) is 39.5 Å². The number of methoxy groups -OCH3 is 1. The van der Waals surface area contributed by atoms with Crippen molar-refractivity contribution in [2.45, 2.75) is 11.3 Å². The van der Waals surface area contributed by atoms with Gasteiger partial charge in [0.1, 0.15) is 4.49 Å². The van der Waals surface area contributed by atoms with Gasteiger partial charge in [-0.15, -0.1) is 0 Å². The zero-order valence-electron chi connectivity index (χ0n) is 10.7. The number of esters is 1. The molecule has 2 rings (SSSR count). The third-order valence-corrected chi connectivity index (χ3v) is 4.09. The molecule has 0 saturated carbocycles. The molecule has 0 radical (unpaired) electrons. The van der Waals surface area contributed by atoms with Gasteiger partial charge in [0.05, 0.1) is 19.2 Å². The summed E-state index contributed by atoms with van der Waals surface area (Å²) in [6.07, 6.45) is -0.303. The number of nitrogens with zero attached hydrogens (tertiary/aromatic N) is 1. The molecule has 1 aliphatic rings. The normalized spacial score (nSPS) is 21.7. The fourth-order valence-corrected chi connectivity index (χ4v) is 3.19. The van der Waals surface area contributed by atoms with Crippen molar-refractivity contribution in [3.63, 3.8) is 0 Å². The van der Waals surface area contributed by atoms with Gasteiger partial charge in [0.2, 0.25) is 5.91 Å². The summed E-state index contributed by atoms with van der Waals surface area (Å²) in [7, 11) is 1.17. The van der Waals surface area contributed by atoms with E-state index in [1.165, 1.54) is 12.0 Å². The molecule has 0 aliphatic carbocycles. The van der Waals surface area contributed by atoms with Gasteiger partial charge in [-0.2, -0.15) is 0 Å². The Kier molecular flexibility index (Phi) is 4.73. The van der Waals surface area contributed by atoms with Gasteiger partial charge in [0, 0.05) is 10.7 Å². The molecule has 1 unspecified atom stereocenters. The van der Waals surface area contributed by atoms with Crippen LogP contribution in [0.5, 0.6) is 0 Å². The highest BCUT2D eigenvalue weighted by Crippen LogP contribution is 2.45. The number of amides is 1. The number of anilines is 1. The fourth-order valence-electron chi connectivity index (χ4n) is 2.10. The van der Waals surface area contributed by atoms with E-state index in [0.29, 0.717) is 10.7 Å². The molecular weight excluding hydrogens is 360 g/mol. The van der Waals surface area contributed by atoms with Crippen LogP contribution in [0, 0.1) is 0 Å². The number of ether oxygens (including phenoxy) is 1. The second kappa shape index (κ2) is 6.05. The van der Waals surface area contributed by atoms with Crippen LogP contribution in [-0.4, -0.2) is 23.9 Å². The third-order valence-electron chi connectivity index (χ3n) is 3.02. The lowest BCUT2D eigenvalue weighted by molar-refractivity contribution is -0.143. The minimum atomic E-state index is -1.75. The van der Waals surface area contributed by atoms with Crippen LogP contribution in [0.2, 0.25) is 5.02 Å². The molecule has 1 atom stereocenters. The van der Waals surface area contributed by atoms with E-state index in [-0.39, 0.29) is 16.6 Å². The van der Waals surface area contributed by atoms with Crippen LogP contribution in [-0.2, 0) is 14.3 Å². The van der Waals surface area contributed by atoms with Crippen molar-refractivity contribution in [3.8, 4) is 0 Å². The molecule has 1 aromatic rings. The first-order valence-corrected chi connectivity index (χ1v) is 7.24. The van der Waals surface area contributed by atoms with Gasteiger partial charge in [-0.3, -0.25) is 9.69 Å². The van der Waals surface area contributed by atoms with E-state index in [4.69, 9.17) is 46.4 Å². The summed E-state index contributed by atoms with van der Waals surface area (Å²) in [5.74, 6) is -1.23. The van der Waals surface area contributed by atoms with E-state index < -0.39 is 16.8 Å². The molecule has 21 heavy (non-hydrogen) atoms. The van der Waals surface area contributed by atoms with Crippen LogP contribution >= 0.6 is 46.4 Å². The van der Waals surface area contributed by atoms with Crippen molar-refractivity contribution in [2.75, 3.05) is 12.0 Å². The molecule has 1 aromatic carbocycles. The van der Waals surface area contributed by atoms with Crippen LogP contribution in [0.1, 0.15) is 6.42 Å². The first-order chi connectivity index (χ1) is 9.81. The van der Waals surface area contributed by atoms with Gasteiger partial charge >= 0.3 is 5.97 Å². The Hall–Kier alpha value is -0.940. The fraction of sp³-hybridized carbons (Fsp3) is 0.231. The Balaban J connectivity index is 2.57. The highest BCUT2D eigenvalue weighted by molar-refractivity contribution is 6.58. The second-order valence-electron chi connectivity index (χ2n) is 4.28. The summed E-state index contributed by atoms with van der Waals surface area (Å²) in [5, 5.41) is 0.498. The summed E-state index contributed by atoms with van der Waals surface area (Å²) in [6, 6.07) is 6.38. The van der Waals surface area contributed by atoms with Crippen LogP contribution in [0.15, 0.2) is 34.5 Å². The Morgan fingerprint density at radius 3 is 2.33 bits per heavy atom. The van der Waals surface area contributed by atoms with Crippen molar-refractivity contribution in [1.82, 2.24) is 0 Å². The van der Waals surface area contributed by atoms with E-state index in [1.54, 1.807) is 24.3 Å². The number of hydrogen-bond acceptors (Lipinski definition) is 3. The Bertz CT molecular complexity index is 625. The number of halogens is 4. The zero-order chi connectivity index (χ0) is 15.8. The predicted octanol–water partition coefficient (Wildman–Crippen LogP) is 3.87. The standard InChI is InChI=1S/C13H9Cl4NO3/c1-21-12(20)13(17)6-9(19)18(10(13)11(15)16)8-4-2-7(14)3-5-8/h2-5H,6H2,1H3. The smallest absolute Gasteiger partial charge is 0.333 e. The highest BCUT2D eigenvalue weighted by Gasteiger charge is 2.55. The molecule has 0 bridgehead atoms. The van der Waals surface area contributed by atoms with Crippen LogP contribution in [0.3, 0.4) is 0 Å². The molecule has 0 spiro atoms. The lowest BCUT2D eigenvalue weighted by Gasteiger charge is -2.24. The first-order valence-electron chi connectivity index (χ1n) is 5.73. The van der Waals surface area contributed by atoms with Gasteiger partial charge in [0.15, 0.2) is 4.87 Å². The highest BCUT2D eigenvalue weighted by atomic mass is 35.5. The average molecular weight is 369 g/mol. The number of benzene rings is 1. The van der Waals surface area contributed by atoms with Crippen LogP contribution < -0.4 is 4.90 Å². The van der Waals surface area contributed by atoms with Crippen LogP contribution in [0.4, 0.5) is 5.69 Å². The second-order valence-corrected chi connectivity index (χ2v) is 6.32. The SMILES string of the molecule is COC(=O)C1(Cl)CC(=O)N(c2ccc(Cl)cc2)C1=C(Cl)Cl.